The molecule has 90 valence electrons. The predicted octanol–water partition coefficient (Wildman–Crippen LogP) is 1.11. The van der Waals surface area contributed by atoms with Crippen molar-refractivity contribution in [3.05, 3.63) is 17.0 Å². The Morgan fingerprint density at radius 1 is 1.56 bits per heavy atom. The van der Waals surface area contributed by atoms with E-state index in [4.69, 9.17) is 21.4 Å². The van der Waals surface area contributed by atoms with Gasteiger partial charge in [0.1, 0.15) is 16.8 Å². The van der Waals surface area contributed by atoms with Gasteiger partial charge in [-0.05, 0) is 0 Å². The van der Waals surface area contributed by atoms with Gasteiger partial charge >= 0.3 is 0 Å². The Hall–Kier alpha value is -0.910. The van der Waals surface area contributed by atoms with Crippen molar-refractivity contribution >= 4 is 17.4 Å². The van der Waals surface area contributed by atoms with Gasteiger partial charge in [-0.15, -0.1) is 0 Å². The van der Waals surface area contributed by atoms with Gasteiger partial charge in [-0.2, -0.15) is 0 Å². The van der Waals surface area contributed by atoms with Gasteiger partial charge < -0.3 is 15.2 Å². The van der Waals surface area contributed by atoms with Crippen LogP contribution in [0.4, 0.5) is 5.82 Å². The number of methoxy groups -OCH3 is 1. The van der Waals surface area contributed by atoms with Crippen LogP contribution in [-0.2, 0) is 11.2 Å². The second kappa shape index (κ2) is 6.62. The molecule has 2 N–H and O–H groups in total. The Kier molecular flexibility index (Phi) is 5.45. The van der Waals surface area contributed by atoms with E-state index in [1.807, 2.05) is 6.92 Å². The first-order valence-corrected chi connectivity index (χ1v) is 5.47. The van der Waals surface area contributed by atoms with Crippen LogP contribution in [-0.4, -0.2) is 41.4 Å². The van der Waals surface area contributed by atoms with E-state index in [9.17, 15) is 0 Å². The second-order valence-electron chi connectivity index (χ2n) is 3.32. The molecule has 5 nitrogen and oxygen atoms in total. The molecule has 1 aromatic rings. The van der Waals surface area contributed by atoms with Gasteiger partial charge in [-0.1, -0.05) is 18.5 Å². The number of aromatic nitrogens is 2. The Balaban J connectivity index is 2.74. The number of nitrogens with zero attached hydrogens (tertiary/aromatic N) is 2. The van der Waals surface area contributed by atoms with Crippen molar-refractivity contribution in [3.8, 4) is 0 Å². The fourth-order valence-corrected chi connectivity index (χ4v) is 1.45. The third-order valence-corrected chi connectivity index (χ3v) is 2.19. The van der Waals surface area contributed by atoms with Crippen molar-refractivity contribution in [2.24, 2.45) is 0 Å². The van der Waals surface area contributed by atoms with Gasteiger partial charge in [0.05, 0.1) is 19.3 Å². The average Bonchev–Trinajstić information content (AvgIpc) is 2.27. The number of nitrogens with one attached hydrogen (secondary N) is 1. The zero-order chi connectivity index (χ0) is 12.0. The molecule has 0 saturated heterocycles. The molecule has 0 aliphatic carbocycles. The maximum absolute atomic E-state index is 9.10. The van der Waals surface area contributed by atoms with Gasteiger partial charge in [0.25, 0.3) is 0 Å². The Bertz CT molecular complexity index is 336. The predicted molar refractivity (Wildman–Crippen MR) is 62.8 cm³/mol. The minimum Gasteiger partial charge on any atom is -0.394 e. The highest BCUT2D eigenvalue weighted by molar-refractivity contribution is 6.29. The summed E-state index contributed by atoms with van der Waals surface area (Å²) in [6.45, 7) is 2.32. The molecule has 0 aromatic carbocycles. The Labute approximate surface area is 99.8 Å². The van der Waals surface area contributed by atoms with Gasteiger partial charge in [0.2, 0.25) is 0 Å². The number of aryl methyl sites for hydroxylation is 1. The lowest BCUT2D eigenvalue weighted by Crippen LogP contribution is -2.29. The average molecular weight is 246 g/mol. The molecule has 6 heteroatoms. The fourth-order valence-electron chi connectivity index (χ4n) is 1.25. The maximum atomic E-state index is 9.10. The van der Waals surface area contributed by atoms with Crippen LogP contribution in [0.1, 0.15) is 12.7 Å². The molecule has 1 aromatic heterocycles. The van der Waals surface area contributed by atoms with Crippen LogP contribution in [0.25, 0.3) is 0 Å². The van der Waals surface area contributed by atoms with Crippen molar-refractivity contribution in [2.45, 2.75) is 19.4 Å². The zero-order valence-electron chi connectivity index (χ0n) is 9.40. The van der Waals surface area contributed by atoms with Crippen LogP contribution in [0, 0.1) is 0 Å². The molecule has 1 atom stereocenters. The normalized spacial score (nSPS) is 12.5. The van der Waals surface area contributed by atoms with E-state index in [0.29, 0.717) is 29.8 Å². The molecule has 0 radical (unpaired) electrons. The van der Waals surface area contributed by atoms with Crippen LogP contribution < -0.4 is 5.32 Å². The van der Waals surface area contributed by atoms with Crippen molar-refractivity contribution in [2.75, 3.05) is 25.6 Å². The number of anilines is 1. The fraction of sp³-hybridized carbons (Fsp3) is 0.600. The molecule has 1 rings (SSSR count). The molecule has 0 amide bonds. The van der Waals surface area contributed by atoms with Gasteiger partial charge in [0.15, 0.2) is 0 Å². The number of rotatable bonds is 6. The molecule has 0 aliphatic rings. The lowest BCUT2D eigenvalue weighted by atomic mass is 10.3. The highest BCUT2D eigenvalue weighted by Gasteiger charge is 2.09. The molecule has 0 aliphatic heterocycles. The summed E-state index contributed by atoms with van der Waals surface area (Å²) in [6.07, 6.45) is 0.712. The molecule has 0 spiro atoms. The third-order valence-electron chi connectivity index (χ3n) is 2.00. The first kappa shape index (κ1) is 13.2. The summed E-state index contributed by atoms with van der Waals surface area (Å²) in [4.78, 5) is 8.30. The molecule has 1 heterocycles. The van der Waals surface area contributed by atoms with Crippen molar-refractivity contribution < 1.29 is 9.84 Å². The highest BCUT2D eigenvalue weighted by Crippen LogP contribution is 2.12. The topological polar surface area (TPSA) is 67.3 Å². The molecular formula is C10H16ClN3O2. The van der Waals surface area contributed by atoms with Crippen LogP contribution in [0.2, 0.25) is 5.15 Å². The summed E-state index contributed by atoms with van der Waals surface area (Å²) < 4.78 is 4.95. The molecule has 0 bridgehead atoms. The number of halogens is 1. The summed E-state index contributed by atoms with van der Waals surface area (Å²) >= 11 is 5.85. The van der Waals surface area contributed by atoms with Crippen LogP contribution in [0.15, 0.2) is 6.07 Å². The van der Waals surface area contributed by atoms with Gasteiger partial charge in [0, 0.05) is 19.6 Å². The summed E-state index contributed by atoms with van der Waals surface area (Å²) in [5, 5.41) is 12.5. The molecule has 0 saturated carbocycles. The largest absolute Gasteiger partial charge is 0.394 e. The minimum atomic E-state index is -0.194. The Morgan fingerprint density at radius 3 is 2.88 bits per heavy atom. The van der Waals surface area contributed by atoms with Crippen molar-refractivity contribution in [1.82, 2.24) is 9.97 Å². The van der Waals surface area contributed by atoms with E-state index in [1.165, 1.54) is 0 Å². The molecule has 16 heavy (non-hydrogen) atoms. The van der Waals surface area contributed by atoms with Gasteiger partial charge in [-0.3, -0.25) is 0 Å². The minimum absolute atomic E-state index is 0.0308. The first-order chi connectivity index (χ1) is 7.69. The second-order valence-corrected chi connectivity index (χ2v) is 3.71. The number of aliphatic hydroxyl groups is 1. The van der Waals surface area contributed by atoms with E-state index in [2.05, 4.69) is 15.3 Å². The number of hydrogen-bond acceptors (Lipinski definition) is 5. The SMILES string of the molecule is CCc1nc(Cl)cc(NC(CO)COC)n1. The first-order valence-electron chi connectivity index (χ1n) is 5.09. The monoisotopic (exact) mass is 245 g/mol. The molecule has 0 fully saturated rings. The van der Waals surface area contributed by atoms with E-state index in [1.54, 1.807) is 13.2 Å². The van der Waals surface area contributed by atoms with Crippen molar-refractivity contribution in [1.29, 1.82) is 0 Å². The van der Waals surface area contributed by atoms with E-state index >= 15 is 0 Å². The number of ether oxygens (including phenoxy) is 1. The molecule has 1 unspecified atom stereocenters. The highest BCUT2D eigenvalue weighted by atomic mass is 35.5. The standard InChI is InChI=1S/C10H16ClN3O2/c1-3-9-13-8(11)4-10(14-9)12-7(5-15)6-16-2/h4,7,15H,3,5-6H2,1-2H3,(H,12,13,14). The maximum Gasteiger partial charge on any atom is 0.134 e. The summed E-state index contributed by atoms with van der Waals surface area (Å²) in [5.41, 5.74) is 0. The van der Waals surface area contributed by atoms with Crippen molar-refractivity contribution in [3.63, 3.8) is 0 Å². The summed E-state index contributed by atoms with van der Waals surface area (Å²) in [5.74, 6) is 1.28. The van der Waals surface area contributed by atoms with E-state index in [0.717, 1.165) is 0 Å². The van der Waals surface area contributed by atoms with E-state index in [-0.39, 0.29) is 12.6 Å². The third kappa shape index (κ3) is 3.92. The number of aliphatic hydroxyl groups excluding tert-OH is 1. The zero-order valence-corrected chi connectivity index (χ0v) is 10.2. The lowest BCUT2D eigenvalue weighted by Gasteiger charge is -2.16. The van der Waals surface area contributed by atoms with Crippen LogP contribution >= 0.6 is 11.6 Å². The Morgan fingerprint density at radius 2 is 2.31 bits per heavy atom. The summed E-state index contributed by atoms with van der Waals surface area (Å²) in [6, 6.07) is 1.43. The van der Waals surface area contributed by atoms with Gasteiger partial charge in [-0.25, -0.2) is 9.97 Å². The molecular weight excluding hydrogens is 230 g/mol. The smallest absolute Gasteiger partial charge is 0.134 e. The number of hydrogen-bond donors (Lipinski definition) is 2. The van der Waals surface area contributed by atoms with E-state index < -0.39 is 0 Å². The van der Waals surface area contributed by atoms with Crippen LogP contribution in [0.5, 0.6) is 0 Å². The quantitative estimate of drug-likeness (QED) is 0.735. The lowest BCUT2D eigenvalue weighted by molar-refractivity contribution is 0.153. The van der Waals surface area contributed by atoms with Crippen LogP contribution in [0.3, 0.4) is 0 Å². The summed E-state index contributed by atoms with van der Waals surface area (Å²) in [7, 11) is 1.58.